The standard InChI is InChI=1S/C19H15IN2O4/c1-2-26-15-9-7-14(8-10-15)22-18(24)16(17(23)21-19(22)25)11-12-3-5-13(20)6-4-12/h3-11H,2H2,1H3,(H,21,23,25)/b16-11+. The lowest BCUT2D eigenvalue weighted by atomic mass is 10.1. The zero-order valence-electron chi connectivity index (χ0n) is 13.9. The summed E-state index contributed by atoms with van der Waals surface area (Å²) in [6, 6.07) is 13.1. The van der Waals surface area contributed by atoms with Crippen LogP contribution < -0.4 is 15.0 Å². The van der Waals surface area contributed by atoms with Crippen molar-refractivity contribution < 1.29 is 19.1 Å². The monoisotopic (exact) mass is 462 g/mol. The molecule has 0 atom stereocenters. The van der Waals surface area contributed by atoms with E-state index in [1.165, 1.54) is 6.08 Å². The molecule has 4 amide bonds. The second kappa shape index (κ2) is 7.69. The molecule has 0 bridgehead atoms. The van der Waals surface area contributed by atoms with Gasteiger partial charge in [-0.2, -0.15) is 0 Å². The molecule has 132 valence electrons. The molecule has 26 heavy (non-hydrogen) atoms. The number of hydrogen-bond donors (Lipinski definition) is 1. The summed E-state index contributed by atoms with van der Waals surface area (Å²) in [5.74, 6) is -0.742. The molecule has 1 aliphatic rings. The number of anilines is 1. The molecule has 0 aromatic heterocycles. The molecule has 1 N–H and O–H groups in total. The number of urea groups is 1. The molecule has 0 aliphatic carbocycles. The van der Waals surface area contributed by atoms with Gasteiger partial charge >= 0.3 is 6.03 Å². The first-order valence-corrected chi connectivity index (χ1v) is 8.97. The van der Waals surface area contributed by atoms with Crippen molar-refractivity contribution in [1.82, 2.24) is 5.32 Å². The van der Waals surface area contributed by atoms with Crippen LogP contribution in [0.1, 0.15) is 12.5 Å². The molecule has 0 saturated carbocycles. The average molecular weight is 462 g/mol. The lowest BCUT2D eigenvalue weighted by Crippen LogP contribution is -2.54. The number of hydrogen-bond acceptors (Lipinski definition) is 4. The number of benzene rings is 2. The number of carbonyl (C=O) groups is 3. The second-order valence-electron chi connectivity index (χ2n) is 5.44. The van der Waals surface area contributed by atoms with Gasteiger partial charge in [0.15, 0.2) is 0 Å². The van der Waals surface area contributed by atoms with Crippen molar-refractivity contribution in [3.63, 3.8) is 0 Å². The van der Waals surface area contributed by atoms with E-state index in [1.54, 1.807) is 36.4 Å². The van der Waals surface area contributed by atoms with Crippen molar-refractivity contribution in [1.29, 1.82) is 0 Å². The van der Waals surface area contributed by atoms with E-state index in [-0.39, 0.29) is 5.57 Å². The SMILES string of the molecule is CCOc1ccc(N2C(=O)NC(=O)/C(=C\c3ccc(I)cc3)C2=O)cc1. The number of imide groups is 2. The van der Waals surface area contributed by atoms with Crippen LogP contribution in [0.5, 0.6) is 5.75 Å². The molecule has 1 fully saturated rings. The van der Waals surface area contributed by atoms with Gasteiger partial charge in [0, 0.05) is 3.57 Å². The highest BCUT2D eigenvalue weighted by Crippen LogP contribution is 2.24. The molecular weight excluding hydrogens is 447 g/mol. The van der Waals surface area contributed by atoms with Crippen LogP contribution in [0.3, 0.4) is 0 Å². The van der Waals surface area contributed by atoms with E-state index in [0.29, 0.717) is 23.6 Å². The molecule has 0 radical (unpaired) electrons. The minimum Gasteiger partial charge on any atom is -0.494 e. The maximum atomic E-state index is 12.8. The summed E-state index contributed by atoms with van der Waals surface area (Å²) in [6.07, 6.45) is 1.47. The van der Waals surface area contributed by atoms with Crippen LogP contribution in [0.2, 0.25) is 0 Å². The zero-order valence-corrected chi connectivity index (χ0v) is 16.0. The molecule has 7 heteroatoms. The Morgan fingerprint density at radius 3 is 2.31 bits per heavy atom. The number of nitrogens with one attached hydrogen (secondary N) is 1. The number of barbiturate groups is 1. The first kappa shape index (κ1) is 18.1. The van der Waals surface area contributed by atoms with E-state index in [2.05, 4.69) is 27.9 Å². The lowest BCUT2D eigenvalue weighted by molar-refractivity contribution is -0.122. The smallest absolute Gasteiger partial charge is 0.335 e. The summed E-state index contributed by atoms with van der Waals surface area (Å²) in [6.45, 7) is 2.38. The number of carbonyl (C=O) groups excluding carboxylic acids is 3. The predicted octanol–water partition coefficient (Wildman–Crippen LogP) is 3.36. The lowest BCUT2D eigenvalue weighted by Gasteiger charge is -2.26. The van der Waals surface area contributed by atoms with Gasteiger partial charge in [-0.1, -0.05) is 12.1 Å². The first-order valence-electron chi connectivity index (χ1n) is 7.89. The Balaban J connectivity index is 1.93. The van der Waals surface area contributed by atoms with E-state index in [0.717, 1.165) is 8.47 Å². The van der Waals surface area contributed by atoms with Crippen LogP contribution in [0.25, 0.3) is 6.08 Å². The third kappa shape index (κ3) is 3.77. The number of rotatable bonds is 4. The normalized spacial score (nSPS) is 16.0. The average Bonchev–Trinajstić information content (AvgIpc) is 2.62. The number of halogens is 1. The van der Waals surface area contributed by atoms with E-state index in [4.69, 9.17) is 4.74 Å². The summed E-state index contributed by atoms with van der Waals surface area (Å²) < 4.78 is 6.40. The van der Waals surface area contributed by atoms with E-state index < -0.39 is 17.8 Å². The van der Waals surface area contributed by atoms with Crippen molar-refractivity contribution >= 4 is 52.2 Å². The van der Waals surface area contributed by atoms with Gasteiger partial charge in [-0.05, 0) is 77.6 Å². The minimum atomic E-state index is -0.774. The Bertz CT molecular complexity index is 889. The fourth-order valence-electron chi connectivity index (χ4n) is 2.48. The van der Waals surface area contributed by atoms with Crippen LogP contribution in [-0.4, -0.2) is 24.5 Å². The quantitative estimate of drug-likeness (QED) is 0.430. The highest BCUT2D eigenvalue weighted by atomic mass is 127. The topological polar surface area (TPSA) is 75.7 Å². The van der Waals surface area contributed by atoms with Gasteiger partial charge in [-0.25, -0.2) is 9.69 Å². The van der Waals surface area contributed by atoms with Crippen molar-refractivity contribution in [3.8, 4) is 5.75 Å². The molecule has 2 aromatic carbocycles. The van der Waals surface area contributed by atoms with E-state index in [1.807, 2.05) is 19.1 Å². The summed E-state index contributed by atoms with van der Waals surface area (Å²) >= 11 is 2.17. The number of ether oxygens (including phenoxy) is 1. The molecule has 1 heterocycles. The Morgan fingerprint density at radius 1 is 1.04 bits per heavy atom. The third-order valence-electron chi connectivity index (χ3n) is 3.69. The molecule has 0 unspecified atom stereocenters. The third-order valence-corrected chi connectivity index (χ3v) is 4.41. The van der Waals surface area contributed by atoms with Gasteiger partial charge < -0.3 is 4.74 Å². The highest BCUT2D eigenvalue weighted by molar-refractivity contribution is 14.1. The molecule has 1 saturated heterocycles. The molecule has 2 aromatic rings. The Morgan fingerprint density at radius 2 is 1.69 bits per heavy atom. The summed E-state index contributed by atoms with van der Waals surface area (Å²) in [5, 5.41) is 2.21. The fourth-order valence-corrected chi connectivity index (χ4v) is 2.84. The maximum absolute atomic E-state index is 12.8. The van der Waals surface area contributed by atoms with Gasteiger partial charge in [0.05, 0.1) is 12.3 Å². The Hall–Kier alpha value is -2.68. The van der Waals surface area contributed by atoms with Gasteiger partial charge in [-0.15, -0.1) is 0 Å². The van der Waals surface area contributed by atoms with Crippen LogP contribution in [0.15, 0.2) is 54.1 Å². The Kier molecular flexibility index (Phi) is 5.36. The van der Waals surface area contributed by atoms with Gasteiger partial charge in [0.2, 0.25) is 0 Å². The van der Waals surface area contributed by atoms with Crippen LogP contribution in [0.4, 0.5) is 10.5 Å². The van der Waals surface area contributed by atoms with Crippen molar-refractivity contribution in [2.75, 3.05) is 11.5 Å². The van der Waals surface area contributed by atoms with Crippen molar-refractivity contribution in [2.45, 2.75) is 6.92 Å². The fraction of sp³-hybridized carbons (Fsp3) is 0.105. The maximum Gasteiger partial charge on any atom is 0.335 e. The van der Waals surface area contributed by atoms with Crippen LogP contribution in [-0.2, 0) is 9.59 Å². The van der Waals surface area contributed by atoms with E-state index in [9.17, 15) is 14.4 Å². The summed E-state index contributed by atoms with van der Waals surface area (Å²) in [7, 11) is 0. The predicted molar refractivity (Wildman–Crippen MR) is 106 cm³/mol. The molecule has 0 spiro atoms. The molecular formula is C19H15IN2O4. The largest absolute Gasteiger partial charge is 0.494 e. The summed E-state index contributed by atoms with van der Waals surface area (Å²) in [4.78, 5) is 38.0. The number of nitrogens with zero attached hydrogens (tertiary/aromatic N) is 1. The number of amides is 4. The van der Waals surface area contributed by atoms with E-state index >= 15 is 0 Å². The van der Waals surface area contributed by atoms with Crippen molar-refractivity contribution in [2.24, 2.45) is 0 Å². The second-order valence-corrected chi connectivity index (χ2v) is 6.68. The highest BCUT2D eigenvalue weighted by Gasteiger charge is 2.36. The van der Waals surface area contributed by atoms with Crippen LogP contribution in [0, 0.1) is 3.57 Å². The molecule has 1 aliphatic heterocycles. The molecule has 3 rings (SSSR count). The first-order chi connectivity index (χ1) is 12.5. The Labute approximate surface area is 164 Å². The van der Waals surface area contributed by atoms with Gasteiger partial charge in [0.1, 0.15) is 11.3 Å². The van der Waals surface area contributed by atoms with Crippen molar-refractivity contribution in [3.05, 3.63) is 63.2 Å². The zero-order chi connectivity index (χ0) is 18.7. The van der Waals surface area contributed by atoms with Gasteiger partial charge in [-0.3, -0.25) is 14.9 Å². The molecule has 6 nitrogen and oxygen atoms in total. The van der Waals surface area contributed by atoms with Gasteiger partial charge in [0.25, 0.3) is 11.8 Å². The minimum absolute atomic E-state index is 0.0975. The summed E-state index contributed by atoms with van der Waals surface area (Å²) in [5.41, 5.74) is 0.960. The van der Waals surface area contributed by atoms with Crippen LogP contribution >= 0.6 is 22.6 Å².